The van der Waals surface area contributed by atoms with Crippen molar-refractivity contribution >= 4 is 33.5 Å². The van der Waals surface area contributed by atoms with Crippen LogP contribution in [-0.4, -0.2) is 37.1 Å². The highest BCUT2D eigenvalue weighted by molar-refractivity contribution is 6.09. The molecule has 1 aliphatic heterocycles. The molecule has 6 rings (SSSR count). The van der Waals surface area contributed by atoms with Gasteiger partial charge in [-0.15, -0.1) is 0 Å². The van der Waals surface area contributed by atoms with Crippen molar-refractivity contribution in [1.82, 2.24) is 24.6 Å². The van der Waals surface area contributed by atoms with Gasteiger partial charge in [-0.2, -0.15) is 18.3 Å². The number of amides is 1. The van der Waals surface area contributed by atoms with Crippen LogP contribution in [0.4, 0.5) is 19.0 Å². The number of rotatable bonds is 1. The zero-order valence-corrected chi connectivity index (χ0v) is 19.9. The summed E-state index contributed by atoms with van der Waals surface area (Å²) in [6, 6.07) is 5.38. The number of halogens is 3. The maximum absolute atomic E-state index is 13.9. The molecular weight excluding hydrogens is 469 g/mol. The van der Waals surface area contributed by atoms with Crippen molar-refractivity contribution in [2.45, 2.75) is 38.4 Å². The van der Waals surface area contributed by atoms with Crippen LogP contribution in [0, 0.1) is 11.8 Å². The van der Waals surface area contributed by atoms with Crippen molar-refractivity contribution in [1.29, 1.82) is 0 Å². The second-order valence-electron chi connectivity index (χ2n) is 10.1. The molecule has 3 aromatic heterocycles. The predicted molar refractivity (Wildman–Crippen MR) is 129 cm³/mol. The molecule has 0 saturated carbocycles. The third-order valence-electron chi connectivity index (χ3n) is 7.64. The van der Waals surface area contributed by atoms with Gasteiger partial charge in [-0.1, -0.05) is 13.0 Å². The highest BCUT2D eigenvalue weighted by Gasteiger charge is 2.42. The first kappa shape index (κ1) is 22.8. The number of nitrogens with zero attached hydrogens (tertiary/aromatic N) is 5. The molecule has 1 saturated heterocycles. The molecular formula is C26H25F3N6O. The van der Waals surface area contributed by atoms with Crippen LogP contribution in [0.1, 0.15) is 53.0 Å². The van der Waals surface area contributed by atoms with E-state index < -0.39 is 11.7 Å². The van der Waals surface area contributed by atoms with E-state index in [1.165, 1.54) is 6.07 Å². The topological polar surface area (TPSA) is 89.9 Å². The molecule has 186 valence electrons. The van der Waals surface area contributed by atoms with Gasteiger partial charge in [-0.3, -0.25) is 9.48 Å². The number of carbonyl (C=O) groups excluding carboxylic acids is 1. The molecule has 36 heavy (non-hydrogen) atoms. The van der Waals surface area contributed by atoms with Gasteiger partial charge in [0.1, 0.15) is 11.5 Å². The van der Waals surface area contributed by atoms with Crippen molar-refractivity contribution in [3.8, 4) is 0 Å². The van der Waals surface area contributed by atoms with Crippen LogP contribution in [0.15, 0.2) is 36.7 Å². The Morgan fingerprint density at radius 3 is 2.75 bits per heavy atom. The number of aryl methyl sites for hydroxylation is 2. The van der Waals surface area contributed by atoms with Gasteiger partial charge in [0.25, 0.3) is 5.91 Å². The molecule has 2 aliphatic rings. The fraction of sp³-hybridized carbons (Fsp3) is 0.385. The molecule has 3 atom stereocenters. The summed E-state index contributed by atoms with van der Waals surface area (Å²) in [4.78, 5) is 24.6. The summed E-state index contributed by atoms with van der Waals surface area (Å²) in [5, 5.41) is 5.70. The number of anilines is 1. The average molecular weight is 495 g/mol. The number of benzene rings is 1. The number of likely N-dealkylation sites (tertiary alicyclic amines) is 1. The standard InChI is InChI=1S/C26H25F3N6O/c1-13-7-15-4-3-14-8-16(26(27,28)29)5-6-17(14)22(15)35(12-13)25(36)20-9-18-21(11-31-20)33-24(30)19-10-32-34(2)23(18)19/h5-6,8-11,13,15,22H,3-4,7,12H2,1-2H3,(H2,30,33)/t13-,15+,22-/m1/s1. The van der Waals surface area contributed by atoms with E-state index in [1.807, 2.05) is 4.90 Å². The number of hydrogen-bond acceptors (Lipinski definition) is 5. The second kappa shape index (κ2) is 7.91. The Morgan fingerprint density at radius 1 is 1.17 bits per heavy atom. The van der Waals surface area contributed by atoms with Crippen LogP contribution in [0.3, 0.4) is 0 Å². The summed E-state index contributed by atoms with van der Waals surface area (Å²) < 4.78 is 41.7. The Kier molecular flexibility index (Phi) is 5.00. The minimum atomic E-state index is -4.40. The summed E-state index contributed by atoms with van der Waals surface area (Å²) in [6.07, 6.45) is 1.04. The lowest BCUT2D eigenvalue weighted by molar-refractivity contribution is -0.137. The first-order valence-electron chi connectivity index (χ1n) is 12.0. The smallest absolute Gasteiger partial charge is 0.383 e. The molecule has 0 unspecified atom stereocenters. The lowest BCUT2D eigenvalue weighted by atomic mass is 9.72. The molecule has 10 heteroatoms. The second-order valence-corrected chi connectivity index (χ2v) is 10.1. The summed E-state index contributed by atoms with van der Waals surface area (Å²) >= 11 is 0. The van der Waals surface area contributed by atoms with E-state index in [2.05, 4.69) is 22.0 Å². The monoisotopic (exact) mass is 494 g/mol. The number of nitrogen functional groups attached to an aromatic ring is 1. The molecule has 0 bridgehead atoms. The number of nitrogens with two attached hydrogens (primary N) is 1. The fourth-order valence-corrected chi connectivity index (χ4v) is 6.08. The third-order valence-corrected chi connectivity index (χ3v) is 7.64. The maximum Gasteiger partial charge on any atom is 0.416 e. The van der Waals surface area contributed by atoms with Gasteiger partial charge < -0.3 is 10.6 Å². The Hall–Kier alpha value is -3.69. The number of piperidine rings is 1. The summed E-state index contributed by atoms with van der Waals surface area (Å²) in [5.74, 6) is 0.569. The average Bonchev–Trinajstić information content (AvgIpc) is 3.24. The van der Waals surface area contributed by atoms with Crippen molar-refractivity contribution < 1.29 is 18.0 Å². The first-order chi connectivity index (χ1) is 17.1. The normalized spacial score (nSPS) is 22.0. The Balaban J connectivity index is 1.44. The van der Waals surface area contributed by atoms with Crippen LogP contribution in [-0.2, 0) is 19.6 Å². The van der Waals surface area contributed by atoms with Gasteiger partial charge in [0.15, 0.2) is 0 Å². The summed E-state index contributed by atoms with van der Waals surface area (Å²) in [5.41, 5.74) is 8.51. The van der Waals surface area contributed by atoms with E-state index in [1.54, 1.807) is 36.3 Å². The molecule has 1 amide bonds. The molecule has 7 nitrogen and oxygen atoms in total. The zero-order chi connectivity index (χ0) is 25.4. The van der Waals surface area contributed by atoms with Gasteiger partial charge in [0.05, 0.1) is 40.4 Å². The number of fused-ring (bicyclic) bond motifs is 6. The minimum Gasteiger partial charge on any atom is -0.383 e. The van der Waals surface area contributed by atoms with E-state index in [0.29, 0.717) is 35.2 Å². The fourth-order valence-electron chi connectivity index (χ4n) is 6.08. The number of hydrogen-bond donors (Lipinski definition) is 1. The van der Waals surface area contributed by atoms with Crippen LogP contribution >= 0.6 is 0 Å². The molecule has 4 aromatic rings. The molecule has 0 radical (unpaired) electrons. The number of alkyl halides is 3. The van der Waals surface area contributed by atoms with Crippen molar-refractivity contribution in [2.24, 2.45) is 18.9 Å². The molecule has 1 aliphatic carbocycles. The number of carbonyl (C=O) groups is 1. The Bertz CT molecular complexity index is 1530. The lowest BCUT2D eigenvalue weighted by Crippen LogP contribution is -2.47. The van der Waals surface area contributed by atoms with E-state index in [9.17, 15) is 18.0 Å². The van der Waals surface area contributed by atoms with Crippen LogP contribution < -0.4 is 5.73 Å². The van der Waals surface area contributed by atoms with Gasteiger partial charge in [0.2, 0.25) is 0 Å². The zero-order valence-electron chi connectivity index (χ0n) is 19.9. The molecule has 1 aromatic carbocycles. The largest absolute Gasteiger partial charge is 0.416 e. The van der Waals surface area contributed by atoms with E-state index in [0.717, 1.165) is 35.4 Å². The quantitative estimate of drug-likeness (QED) is 0.406. The van der Waals surface area contributed by atoms with Crippen LogP contribution in [0.25, 0.3) is 21.8 Å². The van der Waals surface area contributed by atoms with Crippen LogP contribution in [0.2, 0.25) is 0 Å². The molecule has 2 N–H and O–H groups in total. The maximum atomic E-state index is 13.9. The van der Waals surface area contributed by atoms with Gasteiger partial charge in [-0.25, -0.2) is 9.97 Å². The summed E-state index contributed by atoms with van der Waals surface area (Å²) in [6.45, 7) is 2.62. The summed E-state index contributed by atoms with van der Waals surface area (Å²) in [7, 11) is 1.80. The van der Waals surface area contributed by atoms with Crippen molar-refractivity contribution in [3.05, 3.63) is 59.0 Å². The van der Waals surface area contributed by atoms with E-state index in [-0.39, 0.29) is 29.5 Å². The van der Waals surface area contributed by atoms with Crippen molar-refractivity contribution in [2.75, 3.05) is 12.3 Å². The van der Waals surface area contributed by atoms with Gasteiger partial charge in [-0.05, 0) is 60.4 Å². The first-order valence-corrected chi connectivity index (χ1v) is 12.0. The number of aromatic nitrogens is 4. The van der Waals surface area contributed by atoms with Gasteiger partial charge in [0, 0.05) is 19.0 Å². The molecule has 4 heterocycles. The van der Waals surface area contributed by atoms with Crippen LogP contribution in [0.5, 0.6) is 0 Å². The molecule has 1 fully saturated rings. The Labute approximate surface area is 205 Å². The van der Waals surface area contributed by atoms with Crippen molar-refractivity contribution in [3.63, 3.8) is 0 Å². The Morgan fingerprint density at radius 2 is 1.97 bits per heavy atom. The van der Waals surface area contributed by atoms with E-state index in [4.69, 9.17) is 5.73 Å². The van der Waals surface area contributed by atoms with E-state index >= 15 is 0 Å². The van der Waals surface area contributed by atoms with Gasteiger partial charge >= 0.3 is 6.18 Å². The third kappa shape index (κ3) is 3.50. The minimum absolute atomic E-state index is 0.188. The molecule has 0 spiro atoms. The SMILES string of the molecule is C[C@@H]1C[C@@H]2CCc3cc(C(F)(F)F)ccc3[C@@H]2N(C(=O)c2cc3c(cn2)nc(N)c2cnn(C)c23)C1. The highest BCUT2D eigenvalue weighted by atomic mass is 19.4. The number of pyridine rings is 2. The highest BCUT2D eigenvalue weighted by Crippen LogP contribution is 2.47. The predicted octanol–water partition coefficient (Wildman–Crippen LogP) is 4.90. The lowest BCUT2D eigenvalue weighted by Gasteiger charge is -2.47.